The summed E-state index contributed by atoms with van der Waals surface area (Å²) in [6.45, 7) is 2.82. The van der Waals surface area contributed by atoms with Crippen LogP contribution < -0.4 is 4.18 Å². The number of para-hydroxylation sites is 1. The molecule has 1 aromatic carbocycles. The maximum Gasteiger partial charge on any atom is 0.350 e. The van der Waals surface area contributed by atoms with Crippen molar-refractivity contribution in [3.05, 3.63) is 30.3 Å². The topological polar surface area (TPSA) is 101 Å². The van der Waals surface area contributed by atoms with E-state index in [1.807, 2.05) is 0 Å². The van der Waals surface area contributed by atoms with Gasteiger partial charge in [-0.15, -0.1) is 0 Å². The van der Waals surface area contributed by atoms with Gasteiger partial charge in [0.2, 0.25) is 4.49 Å². The van der Waals surface area contributed by atoms with E-state index in [-0.39, 0.29) is 18.6 Å². The Hall–Kier alpha value is -0.880. The molecule has 0 aromatic heterocycles. The van der Waals surface area contributed by atoms with Gasteiger partial charge in [-0.2, -0.15) is 8.42 Å². The van der Waals surface area contributed by atoms with E-state index in [1.165, 1.54) is 26.0 Å². The van der Waals surface area contributed by atoms with Crippen LogP contribution in [0.3, 0.4) is 0 Å². The summed E-state index contributed by atoms with van der Waals surface area (Å²) in [6.07, 6.45) is -0.466. The van der Waals surface area contributed by atoms with Gasteiger partial charge in [-0.3, -0.25) is 4.57 Å². The molecular weight excluding hydrogens is 291 g/mol. The first-order chi connectivity index (χ1) is 8.70. The van der Waals surface area contributed by atoms with Gasteiger partial charge in [0.15, 0.2) is 0 Å². The van der Waals surface area contributed by atoms with Crippen LogP contribution in [-0.2, 0) is 14.7 Å². The third-order valence-electron chi connectivity index (χ3n) is 3.05. The smallest absolute Gasteiger partial charge is 0.350 e. The highest BCUT2D eigenvalue weighted by molar-refractivity contribution is 7.96. The number of benzene rings is 1. The normalized spacial score (nSPS) is 13.3. The zero-order chi connectivity index (χ0) is 14.7. The van der Waals surface area contributed by atoms with Crippen LogP contribution in [0.1, 0.15) is 26.7 Å². The highest BCUT2D eigenvalue weighted by Gasteiger charge is 2.56. The average Bonchev–Trinajstić information content (AvgIpc) is 2.29. The van der Waals surface area contributed by atoms with Gasteiger partial charge in [0.05, 0.1) is 0 Å². The van der Waals surface area contributed by atoms with Crippen molar-refractivity contribution >= 4 is 17.7 Å². The molecule has 19 heavy (non-hydrogen) atoms. The fourth-order valence-corrected chi connectivity index (χ4v) is 5.17. The van der Waals surface area contributed by atoms with Crippen LogP contribution in [-0.4, -0.2) is 22.7 Å². The second-order valence-corrected chi connectivity index (χ2v) is 8.15. The van der Waals surface area contributed by atoms with Gasteiger partial charge in [-0.25, -0.2) is 0 Å². The van der Waals surface area contributed by atoms with Crippen LogP contribution in [0.15, 0.2) is 30.3 Å². The number of hydrogen-bond acceptors (Lipinski definition) is 4. The number of hydrogen-bond donors (Lipinski definition) is 2. The Balaban J connectivity index is 3.27. The van der Waals surface area contributed by atoms with E-state index in [1.54, 1.807) is 18.2 Å². The third-order valence-corrected chi connectivity index (χ3v) is 8.05. The third kappa shape index (κ3) is 3.00. The highest BCUT2D eigenvalue weighted by atomic mass is 32.2. The lowest BCUT2D eigenvalue weighted by molar-refractivity contribution is 0.334. The summed E-state index contributed by atoms with van der Waals surface area (Å²) < 4.78 is 38.7. The van der Waals surface area contributed by atoms with Crippen LogP contribution in [0.4, 0.5) is 0 Å². The van der Waals surface area contributed by atoms with Crippen molar-refractivity contribution in [1.29, 1.82) is 0 Å². The van der Waals surface area contributed by atoms with Gasteiger partial charge in [0.1, 0.15) is 5.75 Å². The van der Waals surface area contributed by atoms with E-state index in [0.717, 1.165) is 0 Å². The molecule has 0 fully saturated rings. The summed E-state index contributed by atoms with van der Waals surface area (Å²) in [5.74, 6) is 0.0298. The molecule has 2 N–H and O–H groups in total. The first-order valence-corrected chi connectivity index (χ1v) is 8.77. The fraction of sp³-hybridized carbons (Fsp3) is 0.455. The van der Waals surface area contributed by atoms with Gasteiger partial charge in [0.25, 0.3) is 0 Å². The second-order valence-electron chi connectivity index (χ2n) is 4.05. The monoisotopic (exact) mass is 308 g/mol. The first kappa shape index (κ1) is 16.2. The largest absolute Gasteiger partial charge is 0.382 e. The molecular formula is C11H17O6PS. The molecule has 0 aliphatic heterocycles. The molecule has 0 bridgehead atoms. The van der Waals surface area contributed by atoms with Crippen LogP contribution in [0.25, 0.3) is 0 Å². The molecule has 8 heteroatoms. The lowest BCUT2D eigenvalue weighted by Crippen LogP contribution is -2.40. The SMILES string of the molecule is CCC(CC)(P(=O)(O)O)S(=O)(=O)Oc1ccccc1. The maximum absolute atomic E-state index is 12.2. The quantitative estimate of drug-likeness (QED) is 0.616. The molecule has 0 unspecified atom stereocenters. The van der Waals surface area contributed by atoms with Gasteiger partial charge in [0, 0.05) is 0 Å². The Morgan fingerprint density at radius 1 is 1.16 bits per heavy atom. The average molecular weight is 308 g/mol. The zero-order valence-electron chi connectivity index (χ0n) is 10.7. The Labute approximate surface area is 112 Å². The molecule has 1 rings (SSSR count). The van der Waals surface area contributed by atoms with Crippen molar-refractivity contribution in [2.75, 3.05) is 0 Å². The molecule has 0 radical (unpaired) electrons. The molecule has 108 valence electrons. The lowest BCUT2D eigenvalue weighted by Gasteiger charge is -2.30. The van der Waals surface area contributed by atoms with Crippen molar-refractivity contribution in [3.63, 3.8) is 0 Å². The van der Waals surface area contributed by atoms with E-state index in [9.17, 15) is 22.8 Å². The van der Waals surface area contributed by atoms with Gasteiger partial charge in [-0.1, -0.05) is 32.0 Å². The predicted molar refractivity (Wildman–Crippen MR) is 71.3 cm³/mol. The molecule has 0 saturated carbocycles. The minimum atomic E-state index is -4.88. The van der Waals surface area contributed by atoms with Gasteiger partial charge >= 0.3 is 17.7 Å². The molecule has 1 aromatic rings. The Morgan fingerprint density at radius 3 is 2.00 bits per heavy atom. The molecule has 0 aliphatic rings. The minimum absolute atomic E-state index is 0.0298. The Morgan fingerprint density at radius 2 is 1.63 bits per heavy atom. The maximum atomic E-state index is 12.2. The predicted octanol–water partition coefficient (Wildman–Crippen LogP) is 2.09. The molecule has 0 atom stereocenters. The Kier molecular flexibility index (Phi) is 4.79. The van der Waals surface area contributed by atoms with E-state index < -0.39 is 22.2 Å². The minimum Gasteiger partial charge on any atom is -0.382 e. The van der Waals surface area contributed by atoms with Crippen LogP contribution >= 0.6 is 7.60 Å². The molecule has 0 spiro atoms. The zero-order valence-corrected chi connectivity index (χ0v) is 12.4. The van der Waals surface area contributed by atoms with Crippen molar-refractivity contribution in [3.8, 4) is 5.75 Å². The summed E-state index contributed by atoms with van der Waals surface area (Å²) in [5.41, 5.74) is 0. The molecule has 0 amide bonds. The van der Waals surface area contributed by atoms with Crippen LogP contribution in [0.5, 0.6) is 5.75 Å². The second kappa shape index (κ2) is 5.63. The van der Waals surface area contributed by atoms with Crippen LogP contribution in [0, 0.1) is 0 Å². The van der Waals surface area contributed by atoms with Crippen molar-refractivity contribution in [1.82, 2.24) is 0 Å². The van der Waals surface area contributed by atoms with E-state index in [0.29, 0.717) is 0 Å². The molecule has 0 heterocycles. The summed E-state index contributed by atoms with van der Waals surface area (Å²) in [4.78, 5) is 18.8. The molecule has 0 aliphatic carbocycles. The standard InChI is InChI=1S/C11H17O6PS/c1-3-11(4-2,18(12,13)14)19(15,16)17-10-8-6-5-7-9-10/h5-9H,3-4H2,1-2H3,(H2,12,13,14). The van der Waals surface area contributed by atoms with E-state index in [2.05, 4.69) is 0 Å². The van der Waals surface area contributed by atoms with Crippen molar-refractivity contribution in [2.45, 2.75) is 31.2 Å². The van der Waals surface area contributed by atoms with Crippen molar-refractivity contribution in [2.24, 2.45) is 0 Å². The highest BCUT2D eigenvalue weighted by Crippen LogP contribution is 2.57. The Bertz CT molecular complexity index is 558. The number of rotatable bonds is 6. The van der Waals surface area contributed by atoms with E-state index >= 15 is 0 Å². The lowest BCUT2D eigenvalue weighted by atomic mass is 10.2. The molecule has 6 nitrogen and oxygen atoms in total. The van der Waals surface area contributed by atoms with Gasteiger partial charge < -0.3 is 14.0 Å². The molecule has 0 saturated heterocycles. The van der Waals surface area contributed by atoms with E-state index in [4.69, 9.17) is 4.18 Å². The summed E-state index contributed by atoms with van der Waals surface area (Å²) in [5, 5.41) is 0. The van der Waals surface area contributed by atoms with Crippen molar-refractivity contribution < 1.29 is 27.0 Å². The summed E-state index contributed by atoms with van der Waals surface area (Å²) in [6, 6.07) is 7.64. The van der Waals surface area contributed by atoms with Crippen LogP contribution in [0.2, 0.25) is 0 Å². The first-order valence-electron chi connectivity index (χ1n) is 5.75. The van der Waals surface area contributed by atoms with Gasteiger partial charge in [-0.05, 0) is 25.0 Å². The fourth-order valence-electron chi connectivity index (χ4n) is 1.84. The summed E-state index contributed by atoms with van der Waals surface area (Å²) in [7, 11) is -9.34. The summed E-state index contributed by atoms with van der Waals surface area (Å²) >= 11 is 0.